The molecule has 6 nitrogen and oxygen atoms in total. The zero-order valence-electron chi connectivity index (χ0n) is 25.0. The van der Waals surface area contributed by atoms with E-state index < -0.39 is 30.5 Å². The molecule has 2 aliphatic rings. The Morgan fingerprint density at radius 2 is 0.977 bits per heavy atom. The molecule has 1 saturated carbocycles. The van der Waals surface area contributed by atoms with E-state index in [1.54, 1.807) is 21.3 Å². The predicted molar refractivity (Wildman–Crippen MR) is 167 cm³/mol. The van der Waals surface area contributed by atoms with Gasteiger partial charge in [0.25, 0.3) is 0 Å². The monoisotopic (exact) mass is 578 g/mol. The lowest BCUT2D eigenvalue weighted by molar-refractivity contribution is -0.136. The van der Waals surface area contributed by atoms with Crippen LogP contribution in [0.5, 0.6) is 0 Å². The second-order valence-corrected chi connectivity index (χ2v) is 11.3. The molecular formula is C36H39BO6. The predicted octanol–water partition coefficient (Wildman–Crippen LogP) is 6.45. The molecule has 0 radical (unpaired) electrons. The summed E-state index contributed by atoms with van der Waals surface area (Å²) < 4.78 is 38.5. The Kier molecular flexibility index (Phi) is 9.10. The van der Waals surface area contributed by atoms with Gasteiger partial charge >= 0.3 is 7.12 Å². The van der Waals surface area contributed by atoms with Gasteiger partial charge in [-0.15, -0.1) is 0 Å². The largest absolute Gasteiger partial charge is 0.461 e. The van der Waals surface area contributed by atoms with Crippen molar-refractivity contribution in [1.82, 2.24) is 0 Å². The number of hydrogen-bond acceptors (Lipinski definition) is 6. The van der Waals surface area contributed by atoms with E-state index in [0.717, 1.165) is 28.7 Å². The molecule has 0 N–H and O–H groups in total. The van der Waals surface area contributed by atoms with Crippen LogP contribution in [0.1, 0.15) is 28.7 Å². The fraction of sp³-hybridized carbons (Fsp3) is 0.333. The van der Waals surface area contributed by atoms with E-state index in [9.17, 15) is 0 Å². The molecule has 1 aliphatic heterocycles. The fourth-order valence-electron chi connectivity index (χ4n) is 6.80. The summed E-state index contributed by atoms with van der Waals surface area (Å²) in [5.74, 6) is 0.488. The molecule has 4 atom stereocenters. The third kappa shape index (κ3) is 5.46. The maximum absolute atomic E-state index is 7.14. The van der Waals surface area contributed by atoms with Gasteiger partial charge in [-0.05, 0) is 40.4 Å². The molecule has 0 bridgehead atoms. The van der Waals surface area contributed by atoms with E-state index in [1.807, 2.05) is 72.8 Å². The second kappa shape index (κ2) is 13.1. The first-order chi connectivity index (χ1) is 21.2. The minimum atomic E-state index is -1.01. The minimum Gasteiger partial charge on any atom is -0.402 e. The van der Waals surface area contributed by atoms with Crippen LogP contribution < -0.4 is 0 Å². The first kappa shape index (κ1) is 29.8. The van der Waals surface area contributed by atoms with E-state index >= 15 is 0 Å². The van der Waals surface area contributed by atoms with Crippen LogP contribution in [0.4, 0.5) is 0 Å². The summed E-state index contributed by atoms with van der Waals surface area (Å²) in [7, 11) is 4.67. The van der Waals surface area contributed by atoms with Gasteiger partial charge in [-0.2, -0.15) is 0 Å². The van der Waals surface area contributed by atoms with Crippen LogP contribution in [0.3, 0.4) is 0 Å². The molecule has 1 aliphatic carbocycles. The molecular weight excluding hydrogens is 539 g/mol. The average molecular weight is 579 g/mol. The molecule has 7 heteroatoms. The average Bonchev–Trinajstić information content (AvgIpc) is 3.72. The molecule has 0 amide bonds. The number of benzene rings is 4. The summed E-state index contributed by atoms with van der Waals surface area (Å²) in [5, 5.41) is 0. The summed E-state index contributed by atoms with van der Waals surface area (Å²) >= 11 is 0. The smallest absolute Gasteiger partial charge is 0.402 e. The Hall–Kier alpha value is -3.30. The molecule has 222 valence electrons. The lowest BCUT2D eigenvalue weighted by Gasteiger charge is -2.47. The van der Waals surface area contributed by atoms with Crippen molar-refractivity contribution < 1.29 is 28.3 Å². The van der Waals surface area contributed by atoms with Gasteiger partial charge in [-0.25, -0.2) is 0 Å². The third-order valence-electron chi connectivity index (χ3n) is 8.95. The Labute approximate surface area is 255 Å². The van der Waals surface area contributed by atoms with Gasteiger partial charge < -0.3 is 28.3 Å². The molecule has 0 spiro atoms. The topological polar surface area (TPSA) is 55.4 Å². The Morgan fingerprint density at radius 3 is 1.30 bits per heavy atom. The summed E-state index contributed by atoms with van der Waals surface area (Å²) in [6.45, 7) is 0.862. The third-order valence-corrected chi connectivity index (χ3v) is 8.95. The summed E-state index contributed by atoms with van der Waals surface area (Å²) in [4.78, 5) is 0. The van der Waals surface area contributed by atoms with Gasteiger partial charge in [0.2, 0.25) is 0 Å². The van der Waals surface area contributed by atoms with Gasteiger partial charge in [-0.3, -0.25) is 0 Å². The highest BCUT2D eigenvalue weighted by molar-refractivity contribution is 6.48. The van der Waals surface area contributed by atoms with E-state index in [2.05, 4.69) is 48.5 Å². The molecule has 4 aromatic carbocycles. The van der Waals surface area contributed by atoms with Crippen molar-refractivity contribution in [3.63, 3.8) is 0 Å². The molecule has 0 aromatic heterocycles. The minimum absolute atomic E-state index is 0.173. The van der Waals surface area contributed by atoms with Gasteiger partial charge in [0.05, 0.1) is 6.61 Å². The molecule has 6 rings (SSSR count). The lowest BCUT2D eigenvalue weighted by Crippen LogP contribution is -2.56. The summed E-state index contributed by atoms with van der Waals surface area (Å²) in [6, 6.07) is 41.2. The maximum atomic E-state index is 7.14. The van der Waals surface area contributed by atoms with Crippen LogP contribution in [0.25, 0.3) is 0 Å². The van der Waals surface area contributed by atoms with Crippen molar-refractivity contribution in [1.29, 1.82) is 0 Å². The molecule has 43 heavy (non-hydrogen) atoms. The van der Waals surface area contributed by atoms with E-state index in [1.165, 1.54) is 0 Å². The van der Waals surface area contributed by atoms with Crippen molar-refractivity contribution in [3.8, 4) is 0 Å². The van der Waals surface area contributed by atoms with E-state index in [0.29, 0.717) is 12.5 Å². The number of ether oxygens (including phenoxy) is 4. The van der Waals surface area contributed by atoms with Crippen molar-refractivity contribution in [3.05, 3.63) is 144 Å². The van der Waals surface area contributed by atoms with Crippen LogP contribution in [-0.2, 0) is 39.5 Å². The van der Waals surface area contributed by atoms with Crippen molar-refractivity contribution in [2.45, 2.75) is 35.6 Å². The quantitative estimate of drug-likeness (QED) is 0.103. The number of rotatable bonds is 13. The van der Waals surface area contributed by atoms with Crippen LogP contribution in [0, 0.1) is 5.92 Å². The molecule has 1 heterocycles. The molecule has 1 saturated heterocycles. The highest BCUT2D eigenvalue weighted by Crippen LogP contribution is 2.56. The molecule has 4 aromatic rings. The van der Waals surface area contributed by atoms with Crippen LogP contribution in [0.2, 0.25) is 5.82 Å². The SMILES string of the molecule is COCOC[C@H]1C[C@@H]1B1O[C@@H](C(OC)(c2ccccc2)c2ccccc2)[C@H](C(OC)(c2ccccc2)c2ccccc2)O1. The van der Waals surface area contributed by atoms with Crippen LogP contribution >= 0.6 is 0 Å². The van der Waals surface area contributed by atoms with E-state index in [4.69, 9.17) is 28.3 Å². The Morgan fingerprint density at radius 1 is 0.605 bits per heavy atom. The standard InChI is InChI=1S/C36H39BO6/c1-38-26-41-25-27-24-32(27)37-42-33(35(39-2,28-16-8-4-9-17-28)29-18-10-5-11-19-29)34(43-37)36(40-3,30-20-12-6-13-21-30)31-22-14-7-15-23-31/h4-23,27,32-34H,24-26H2,1-3H3/t27-,32+,33-,34-/m1/s1. The van der Waals surface area contributed by atoms with Crippen molar-refractivity contribution in [2.24, 2.45) is 5.92 Å². The number of methoxy groups -OCH3 is 3. The first-order valence-electron chi connectivity index (χ1n) is 14.9. The van der Waals surface area contributed by atoms with Crippen molar-refractivity contribution >= 4 is 7.12 Å². The zero-order chi connectivity index (χ0) is 29.7. The Bertz CT molecular complexity index is 1240. The van der Waals surface area contributed by atoms with E-state index in [-0.39, 0.29) is 12.6 Å². The van der Waals surface area contributed by atoms with Gasteiger partial charge in [0, 0.05) is 21.3 Å². The maximum Gasteiger partial charge on any atom is 0.461 e. The molecule has 2 fully saturated rings. The number of hydrogen-bond donors (Lipinski definition) is 0. The molecule has 0 unspecified atom stereocenters. The summed E-state index contributed by atoms with van der Waals surface area (Å²) in [5.41, 5.74) is 1.89. The van der Waals surface area contributed by atoms with Crippen LogP contribution in [0.15, 0.2) is 121 Å². The van der Waals surface area contributed by atoms with Gasteiger partial charge in [0.1, 0.15) is 30.2 Å². The van der Waals surface area contributed by atoms with Crippen LogP contribution in [-0.4, -0.2) is 54.1 Å². The Balaban J connectivity index is 1.54. The summed E-state index contributed by atoms with van der Waals surface area (Å²) in [6.07, 6.45) is -0.233. The highest BCUT2D eigenvalue weighted by Gasteiger charge is 2.65. The second-order valence-electron chi connectivity index (χ2n) is 11.3. The van der Waals surface area contributed by atoms with Gasteiger partial charge in [0.15, 0.2) is 0 Å². The van der Waals surface area contributed by atoms with Crippen molar-refractivity contribution in [2.75, 3.05) is 34.7 Å². The zero-order valence-corrected chi connectivity index (χ0v) is 25.0. The lowest BCUT2D eigenvalue weighted by atomic mass is 9.71. The van der Waals surface area contributed by atoms with Gasteiger partial charge in [-0.1, -0.05) is 121 Å². The normalized spacial score (nSPS) is 22.1. The fourth-order valence-corrected chi connectivity index (χ4v) is 6.80. The first-order valence-corrected chi connectivity index (χ1v) is 14.9. The highest BCUT2D eigenvalue weighted by atomic mass is 16.7.